The first-order valence-corrected chi connectivity index (χ1v) is 7.52. The van der Waals surface area contributed by atoms with Gasteiger partial charge in [0.15, 0.2) is 5.16 Å². The van der Waals surface area contributed by atoms with Gasteiger partial charge in [-0.1, -0.05) is 17.8 Å². The third-order valence-corrected chi connectivity index (χ3v) is 3.45. The molecular weight excluding hydrogens is 365 g/mol. The van der Waals surface area contributed by atoms with Gasteiger partial charge in [0.2, 0.25) is 5.75 Å². The molecule has 0 aliphatic rings. The van der Waals surface area contributed by atoms with Gasteiger partial charge in [0.1, 0.15) is 17.3 Å². The van der Waals surface area contributed by atoms with E-state index in [1.54, 1.807) is 12.3 Å². The van der Waals surface area contributed by atoms with Crippen molar-refractivity contribution in [3.05, 3.63) is 44.2 Å². The molecule has 0 fully saturated rings. The summed E-state index contributed by atoms with van der Waals surface area (Å²) in [6.07, 6.45) is -3.61. The lowest BCUT2D eigenvalue weighted by Gasteiger charge is -2.12. The Morgan fingerprint density at radius 2 is 2.12 bits per heavy atom. The van der Waals surface area contributed by atoms with E-state index in [9.17, 15) is 28.1 Å². The fourth-order valence-corrected chi connectivity index (χ4v) is 2.33. The summed E-state index contributed by atoms with van der Waals surface area (Å²) in [6, 6.07) is 4.44. The first kappa shape index (κ1) is 18.3. The number of para-hydroxylation sites is 1. The molecule has 0 aliphatic heterocycles. The number of hydrogen-bond donors (Lipinski definition) is 1. The fraction of sp³-hybridized carbons (Fsp3) is 0.154. The zero-order valence-electron chi connectivity index (χ0n) is 12.2. The van der Waals surface area contributed by atoms with Crippen LogP contribution >= 0.6 is 11.8 Å². The van der Waals surface area contributed by atoms with Crippen LogP contribution in [0.5, 0.6) is 5.75 Å². The van der Waals surface area contributed by atoms with Crippen molar-refractivity contribution in [3.8, 4) is 23.1 Å². The molecule has 0 amide bonds. The highest BCUT2D eigenvalue weighted by molar-refractivity contribution is 7.98. The number of rotatable bonds is 4. The van der Waals surface area contributed by atoms with Crippen molar-refractivity contribution in [2.75, 3.05) is 6.26 Å². The minimum Gasteiger partial charge on any atom is -0.398 e. The number of aromatic amines is 1. The molecule has 0 spiro atoms. The number of halogens is 3. The molecule has 2 rings (SSSR count). The Morgan fingerprint density at radius 3 is 2.64 bits per heavy atom. The van der Waals surface area contributed by atoms with Crippen LogP contribution in [0.25, 0.3) is 11.3 Å². The van der Waals surface area contributed by atoms with E-state index in [0.29, 0.717) is 0 Å². The molecule has 0 radical (unpaired) electrons. The average Bonchev–Trinajstić information content (AvgIpc) is 2.51. The molecule has 8 nitrogen and oxygen atoms in total. The quantitative estimate of drug-likeness (QED) is 0.379. The monoisotopic (exact) mass is 372 g/mol. The van der Waals surface area contributed by atoms with Gasteiger partial charge in [0.25, 0.3) is 5.56 Å². The molecule has 0 saturated carbocycles. The van der Waals surface area contributed by atoms with Crippen molar-refractivity contribution in [1.29, 1.82) is 5.26 Å². The summed E-state index contributed by atoms with van der Waals surface area (Å²) >= 11 is 0.982. The van der Waals surface area contributed by atoms with Crippen LogP contribution in [0.4, 0.5) is 18.9 Å². The number of ether oxygens (including phenoxy) is 1. The van der Waals surface area contributed by atoms with E-state index in [2.05, 4.69) is 14.7 Å². The third kappa shape index (κ3) is 3.89. The van der Waals surface area contributed by atoms with Crippen LogP contribution in [0, 0.1) is 21.4 Å². The number of nitrogens with zero attached hydrogens (tertiary/aromatic N) is 3. The zero-order valence-corrected chi connectivity index (χ0v) is 13.1. The maximum absolute atomic E-state index is 12.5. The largest absolute Gasteiger partial charge is 0.573 e. The Labute approximate surface area is 141 Å². The molecule has 0 unspecified atom stereocenters. The van der Waals surface area contributed by atoms with E-state index in [1.807, 2.05) is 0 Å². The van der Waals surface area contributed by atoms with E-state index in [-0.39, 0.29) is 5.16 Å². The maximum atomic E-state index is 12.5. The topological polar surface area (TPSA) is 122 Å². The SMILES string of the molecule is CSc1nc(-c2cccc(OC(F)(F)F)c2[N+](=O)[O-])c(C#N)c(=O)[nH]1. The molecule has 0 saturated heterocycles. The summed E-state index contributed by atoms with van der Waals surface area (Å²) in [7, 11) is 0. The number of thioether (sulfide) groups is 1. The number of benzene rings is 1. The van der Waals surface area contributed by atoms with Crippen LogP contribution in [0.15, 0.2) is 28.2 Å². The van der Waals surface area contributed by atoms with Gasteiger partial charge in [-0.2, -0.15) is 5.26 Å². The minimum atomic E-state index is -5.16. The molecule has 0 aliphatic carbocycles. The summed E-state index contributed by atoms with van der Waals surface area (Å²) in [5.74, 6) is -1.08. The second kappa shape index (κ2) is 6.81. The van der Waals surface area contributed by atoms with Gasteiger partial charge in [0.05, 0.1) is 10.5 Å². The molecule has 12 heteroatoms. The van der Waals surface area contributed by atoms with Crippen molar-refractivity contribution in [3.63, 3.8) is 0 Å². The van der Waals surface area contributed by atoms with Gasteiger partial charge in [0, 0.05) is 0 Å². The molecule has 1 heterocycles. The van der Waals surface area contributed by atoms with E-state index in [0.717, 1.165) is 30.0 Å². The summed E-state index contributed by atoms with van der Waals surface area (Å²) in [4.78, 5) is 28.3. The Morgan fingerprint density at radius 1 is 1.44 bits per heavy atom. The fourth-order valence-electron chi connectivity index (χ4n) is 1.96. The summed E-state index contributed by atoms with van der Waals surface area (Å²) in [5.41, 5.74) is -3.33. The first-order chi connectivity index (χ1) is 11.7. The van der Waals surface area contributed by atoms with Crippen molar-refractivity contribution in [1.82, 2.24) is 9.97 Å². The molecule has 0 atom stereocenters. The lowest BCUT2D eigenvalue weighted by molar-refractivity contribution is -0.388. The lowest BCUT2D eigenvalue weighted by atomic mass is 10.0. The van der Waals surface area contributed by atoms with Gasteiger partial charge < -0.3 is 9.72 Å². The van der Waals surface area contributed by atoms with E-state index < -0.39 is 45.1 Å². The number of nitrogens with one attached hydrogen (secondary N) is 1. The van der Waals surface area contributed by atoms with Gasteiger partial charge in [-0.25, -0.2) is 4.98 Å². The molecule has 25 heavy (non-hydrogen) atoms. The number of alkyl halides is 3. The molecular formula is C13H7F3N4O4S. The second-order valence-corrected chi connectivity index (χ2v) is 5.16. The number of aromatic nitrogens is 2. The van der Waals surface area contributed by atoms with Crippen LogP contribution in [-0.2, 0) is 0 Å². The molecule has 1 N–H and O–H groups in total. The normalized spacial score (nSPS) is 11.0. The number of hydrogen-bond acceptors (Lipinski definition) is 7. The summed E-state index contributed by atoms with van der Waals surface area (Å²) in [5, 5.41) is 20.4. The van der Waals surface area contributed by atoms with Crippen LogP contribution in [0.2, 0.25) is 0 Å². The molecule has 1 aromatic carbocycles. The van der Waals surface area contributed by atoms with E-state index >= 15 is 0 Å². The molecule has 2 aromatic rings. The third-order valence-electron chi connectivity index (χ3n) is 2.87. The minimum absolute atomic E-state index is 0.0374. The van der Waals surface area contributed by atoms with Crippen LogP contribution in [0.1, 0.15) is 5.56 Å². The smallest absolute Gasteiger partial charge is 0.398 e. The standard InChI is InChI=1S/C13H7F3N4O4S/c1-25-12-18-9(7(5-17)11(21)19-12)6-3-2-4-8(10(6)20(22)23)24-13(14,15)16/h2-4H,1H3,(H,18,19,21). The Hall–Kier alpha value is -3.07. The first-order valence-electron chi connectivity index (χ1n) is 6.30. The van der Waals surface area contributed by atoms with Gasteiger partial charge >= 0.3 is 12.0 Å². The summed E-state index contributed by atoms with van der Waals surface area (Å²) < 4.78 is 41.1. The van der Waals surface area contributed by atoms with E-state index in [4.69, 9.17) is 5.26 Å². The average molecular weight is 372 g/mol. The number of nitro groups is 1. The molecule has 0 bridgehead atoms. The Balaban J connectivity index is 2.83. The van der Waals surface area contributed by atoms with E-state index in [1.165, 1.54) is 0 Å². The van der Waals surface area contributed by atoms with Gasteiger partial charge in [-0.15, -0.1) is 13.2 Å². The predicted octanol–water partition coefficient (Wildman–Crippen LogP) is 2.84. The molecule has 1 aromatic heterocycles. The van der Waals surface area contributed by atoms with Crippen molar-refractivity contribution >= 4 is 17.4 Å². The lowest BCUT2D eigenvalue weighted by Crippen LogP contribution is -2.18. The van der Waals surface area contributed by atoms with Crippen molar-refractivity contribution in [2.24, 2.45) is 0 Å². The number of nitriles is 1. The second-order valence-electron chi connectivity index (χ2n) is 4.37. The maximum Gasteiger partial charge on any atom is 0.573 e. The predicted molar refractivity (Wildman–Crippen MR) is 80.1 cm³/mol. The van der Waals surface area contributed by atoms with Gasteiger partial charge in [-0.3, -0.25) is 14.9 Å². The Kier molecular flexibility index (Phi) is 4.98. The highest BCUT2D eigenvalue weighted by Gasteiger charge is 2.36. The van der Waals surface area contributed by atoms with Crippen molar-refractivity contribution in [2.45, 2.75) is 11.5 Å². The molecule has 130 valence electrons. The van der Waals surface area contributed by atoms with Crippen molar-refractivity contribution < 1.29 is 22.8 Å². The van der Waals surface area contributed by atoms with Crippen LogP contribution < -0.4 is 10.3 Å². The van der Waals surface area contributed by atoms with Gasteiger partial charge in [-0.05, 0) is 18.4 Å². The Bertz CT molecular complexity index is 936. The summed E-state index contributed by atoms with van der Waals surface area (Å²) in [6.45, 7) is 0. The zero-order chi connectivity index (χ0) is 18.8. The number of H-pyrrole nitrogens is 1. The highest BCUT2D eigenvalue weighted by atomic mass is 32.2. The van der Waals surface area contributed by atoms with Crippen LogP contribution in [0.3, 0.4) is 0 Å². The van der Waals surface area contributed by atoms with Crippen LogP contribution in [-0.4, -0.2) is 27.5 Å². The number of nitro benzene ring substituents is 1. The highest BCUT2D eigenvalue weighted by Crippen LogP contribution is 2.40.